The monoisotopic (exact) mass is 308 g/mol. The number of carbonyl (C=O) groups is 1. The zero-order chi connectivity index (χ0) is 14.5. The molecule has 0 aliphatic rings. The van der Waals surface area contributed by atoms with Gasteiger partial charge in [-0.2, -0.15) is 0 Å². The molecule has 2 aromatic rings. The zero-order valence-corrected chi connectivity index (χ0v) is 12.4. The predicted molar refractivity (Wildman–Crippen MR) is 84.8 cm³/mol. The van der Waals surface area contributed by atoms with Crippen LogP contribution in [0.2, 0.25) is 10.0 Å². The highest BCUT2D eigenvalue weighted by molar-refractivity contribution is 6.34. The summed E-state index contributed by atoms with van der Waals surface area (Å²) in [6, 6.07) is 12.7. The summed E-state index contributed by atoms with van der Waals surface area (Å²) in [6.45, 7) is 2.08. The van der Waals surface area contributed by atoms with E-state index in [1.54, 1.807) is 12.1 Å². The summed E-state index contributed by atoms with van der Waals surface area (Å²) in [7, 11) is 0. The Morgan fingerprint density at radius 2 is 1.80 bits per heavy atom. The lowest BCUT2D eigenvalue weighted by molar-refractivity contribution is -0.114. The maximum atomic E-state index is 11.8. The molecule has 0 heterocycles. The molecule has 104 valence electrons. The van der Waals surface area contributed by atoms with Crippen LogP contribution in [0.4, 0.5) is 11.4 Å². The van der Waals surface area contributed by atoms with Gasteiger partial charge in [-0.15, -0.1) is 0 Å². The lowest BCUT2D eigenvalue weighted by Gasteiger charge is -2.10. The van der Waals surface area contributed by atoms with Crippen LogP contribution < -0.4 is 10.6 Å². The van der Waals surface area contributed by atoms with Crippen LogP contribution in [0.1, 0.15) is 5.56 Å². The van der Waals surface area contributed by atoms with Crippen molar-refractivity contribution in [2.45, 2.75) is 6.92 Å². The van der Waals surface area contributed by atoms with E-state index in [9.17, 15) is 4.79 Å². The highest BCUT2D eigenvalue weighted by Crippen LogP contribution is 2.23. The highest BCUT2D eigenvalue weighted by atomic mass is 35.5. The largest absolute Gasteiger partial charge is 0.375 e. The fourth-order valence-corrected chi connectivity index (χ4v) is 2.18. The molecule has 0 radical (unpaired) electrons. The van der Waals surface area contributed by atoms with Crippen molar-refractivity contribution in [3.8, 4) is 0 Å². The summed E-state index contributed by atoms with van der Waals surface area (Å²) in [6.07, 6.45) is 0. The second kappa shape index (κ2) is 6.64. The van der Waals surface area contributed by atoms with Gasteiger partial charge in [0.25, 0.3) is 0 Å². The molecule has 0 saturated heterocycles. The molecule has 2 aromatic carbocycles. The van der Waals surface area contributed by atoms with Gasteiger partial charge < -0.3 is 10.6 Å². The van der Waals surface area contributed by atoms with Crippen LogP contribution in [0.15, 0.2) is 42.5 Å². The fourth-order valence-electron chi connectivity index (χ4n) is 1.70. The van der Waals surface area contributed by atoms with Crippen molar-refractivity contribution in [3.05, 3.63) is 58.1 Å². The highest BCUT2D eigenvalue weighted by Gasteiger charge is 2.06. The quantitative estimate of drug-likeness (QED) is 0.881. The molecule has 0 unspecified atom stereocenters. The molecule has 0 aliphatic carbocycles. The van der Waals surface area contributed by atoms with Gasteiger partial charge >= 0.3 is 0 Å². The van der Waals surface area contributed by atoms with E-state index in [1.165, 1.54) is 0 Å². The first-order valence-electron chi connectivity index (χ1n) is 6.10. The molecule has 1 amide bonds. The fraction of sp³-hybridized carbons (Fsp3) is 0.133. The molecule has 0 bridgehead atoms. The number of halogens is 2. The van der Waals surface area contributed by atoms with Crippen molar-refractivity contribution in [1.82, 2.24) is 0 Å². The van der Waals surface area contributed by atoms with Gasteiger partial charge in [0.2, 0.25) is 5.91 Å². The van der Waals surface area contributed by atoms with E-state index in [0.717, 1.165) is 11.3 Å². The van der Waals surface area contributed by atoms with Gasteiger partial charge in [-0.25, -0.2) is 0 Å². The first-order valence-corrected chi connectivity index (χ1v) is 6.86. The molecule has 5 heteroatoms. The predicted octanol–water partition coefficient (Wildman–Crippen LogP) is 4.35. The maximum absolute atomic E-state index is 11.8. The molecule has 2 N–H and O–H groups in total. The second-order valence-electron chi connectivity index (χ2n) is 4.36. The summed E-state index contributed by atoms with van der Waals surface area (Å²) in [5, 5.41) is 6.83. The molecule has 0 aliphatic heterocycles. The number of anilines is 2. The van der Waals surface area contributed by atoms with Gasteiger partial charge in [0, 0.05) is 0 Å². The molecular weight excluding hydrogens is 295 g/mol. The normalized spacial score (nSPS) is 10.2. The molecule has 0 fully saturated rings. The Morgan fingerprint density at radius 3 is 2.50 bits per heavy atom. The Bertz CT molecular complexity index is 629. The van der Waals surface area contributed by atoms with Gasteiger partial charge in [-0.1, -0.05) is 41.4 Å². The SMILES string of the molecule is Cc1ccc(NCC(=O)Nc2ccccc2Cl)c(Cl)c1. The van der Waals surface area contributed by atoms with Crippen LogP contribution >= 0.6 is 23.2 Å². The average Bonchev–Trinajstić information content (AvgIpc) is 2.40. The van der Waals surface area contributed by atoms with Crippen molar-refractivity contribution >= 4 is 40.5 Å². The van der Waals surface area contributed by atoms with E-state index >= 15 is 0 Å². The standard InChI is InChI=1S/C15H14Cl2N2O/c1-10-6-7-13(12(17)8-10)18-9-15(20)19-14-5-3-2-4-11(14)16/h2-8,18H,9H2,1H3,(H,19,20). The molecule has 0 aromatic heterocycles. The third-order valence-electron chi connectivity index (χ3n) is 2.71. The summed E-state index contributed by atoms with van der Waals surface area (Å²) in [4.78, 5) is 11.8. The van der Waals surface area contributed by atoms with Crippen molar-refractivity contribution in [2.75, 3.05) is 17.2 Å². The van der Waals surface area contributed by atoms with E-state index in [-0.39, 0.29) is 12.5 Å². The van der Waals surface area contributed by atoms with E-state index in [0.29, 0.717) is 15.7 Å². The van der Waals surface area contributed by atoms with E-state index in [1.807, 2.05) is 37.3 Å². The van der Waals surface area contributed by atoms with Crippen molar-refractivity contribution < 1.29 is 4.79 Å². The van der Waals surface area contributed by atoms with Crippen LogP contribution in [-0.4, -0.2) is 12.5 Å². The summed E-state index contributed by atoms with van der Waals surface area (Å²) >= 11 is 12.1. The molecule has 0 saturated carbocycles. The van der Waals surface area contributed by atoms with Gasteiger partial charge in [0.1, 0.15) is 0 Å². The maximum Gasteiger partial charge on any atom is 0.243 e. The van der Waals surface area contributed by atoms with Crippen molar-refractivity contribution in [1.29, 1.82) is 0 Å². The van der Waals surface area contributed by atoms with E-state index < -0.39 is 0 Å². The Labute approximate surface area is 127 Å². The van der Waals surface area contributed by atoms with Crippen LogP contribution in [0, 0.1) is 6.92 Å². The first-order chi connectivity index (χ1) is 9.56. The summed E-state index contributed by atoms with van der Waals surface area (Å²) in [5.41, 5.74) is 2.39. The van der Waals surface area contributed by atoms with Gasteiger partial charge in [-0.05, 0) is 36.8 Å². The Morgan fingerprint density at radius 1 is 1.05 bits per heavy atom. The van der Waals surface area contributed by atoms with Crippen LogP contribution in [0.25, 0.3) is 0 Å². The Balaban J connectivity index is 1.94. The van der Waals surface area contributed by atoms with Crippen molar-refractivity contribution in [2.24, 2.45) is 0 Å². The number of benzene rings is 2. The average molecular weight is 309 g/mol. The number of aryl methyl sites for hydroxylation is 1. The molecule has 2 rings (SSSR count). The number of carbonyl (C=O) groups excluding carboxylic acids is 1. The topological polar surface area (TPSA) is 41.1 Å². The van der Waals surface area contributed by atoms with Gasteiger partial charge in [-0.3, -0.25) is 4.79 Å². The number of amides is 1. The second-order valence-corrected chi connectivity index (χ2v) is 5.18. The molecule has 0 atom stereocenters. The number of para-hydroxylation sites is 1. The van der Waals surface area contributed by atoms with E-state index in [2.05, 4.69) is 10.6 Å². The van der Waals surface area contributed by atoms with Crippen LogP contribution in [0.3, 0.4) is 0 Å². The number of nitrogens with one attached hydrogen (secondary N) is 2. The number of rotatable bonds is 4. The van der Waals surface area contributed by atoms with Crippen LogP contribution in [0.5, 0.6) is 0 Å². The smallest absolute Gasteiger partial charge is 0.243 e. The van der Waals surface area contributed by atoms with Gasteiger partial charge in [0.15, 0.2) is 0 Å². The lowest BCUT2D eigenvalue weighted by Crippen LogP contribution is -2.22. The number of hydrogen-bond donors (Lipinski definition) is 2. The molecule has 20 heavy (non-hydrogen) atoms. The molecule has 0 spiro atoms. The molecule has 3 nitrogen and oxygen atoms in total. The minimum Gasteiger partial charge on any atom is -0.375 e. The summed E-state index contributed by atoms with van der Waals surface area (Å²) in [5.74, 6) is -0.185. The first kappa shape index (κ1) is 14.7. The van der Waals surface area contributed by atoms with E-state index in [4.69, 9.17) is 23.2 Å². The lowest BCUT2D eigenvalue weighted by atomic mass is 10.2. The zero-order valence-electron chi connectivity index (χ0n) is 10.9. The van der Waals surface area contributed by atoms with Crippen LogP contribution in [-0.2, 0) is 4.79 Å². The third kappa shape index (κ3) is 3.89. The summed E-state index contributed by atoms with van der Waals surface area (Å²) < 4.78 is 0. The van der Waals surface area contributed by atoms with Gasteiger partial charge in [0.05, 0.1) is 28.0 Å². The third-order valence-corrected chi connectivity index (χ3v) is 3.35. The Hall–Kier alpha value is -1.71. The minimum atomic E-state index is -0.185. The number of hydrogen-bond acceptors (Lipinski definition) is 2. The minimum absolute atomic E-state index is 0.119. The van der Waals surface area contributed by atoms with Crippen molar-refractivity contribution in [3.63, 3.8) is 0 Å². The Kier molecular flexibility index (Phi) is 4.88. The molecular formula is C15H14Cl2N2O.